The summed E-state index contributed by atoms with van der Waals surface area (Å²) in [6.07, 6.45) is 10.6. The van der Waals surface area contributed by atoms with Crippen molar-refractivity contribution in [3.63, 3.8) is 0 Å². The first-order chi connectivity index (χ1) is 12.7. The van der Waals surface area contributed by atoms with Gasteiger partial charge >= 0.3 is 0 Å². The Morgan fingerprint density at radius 2 is 1.65 bits per heavy atom. The summed E-state index contributed by atoms with van der Waals surface area (Å²) in [5.74, 6) is 1.82. The number of benzene rings is 1. The van der Waals surface area contributed by atoms with Gasteiger partial charge in [-0.25, -0.2) is 0 Å². The monoisotopic (exact) mass is 353 g/mol. The highest BCUT2D eigenvalue weighted by Gasteiger charge is 2.30. The summed E-state index contributed by atoms with van der Waals surface area (Å²) in [5.41, 5.74) is 8.64. The summed E-state index contributed by atoms with van der Waals surface area (Å²) in [5, 5.41) is 1.34. The lowest BCUT2D eigenvalue weighted by Crippen LogP contribution is -2.43. The Bertz CT molecular complexity index is 716. The van der Waals surface area contributed by atoms with E-state index in [1.807, 2.05) is 0 Å². The van der Waals surface area contributed by atoms with Crippen LogP contribution in [0.15, 0.2) is 30.5 Å². The van der Waals surface area contributed by atoms with Gasteiger partial charge in [0.2, 0.25) is 0 Å². The number of aromatic nitrogens is 1. The Balaban J connectivity index is 1.40. The maximum absolute atomic E-state index is 5.99. The molecule has 0 spiro atoms. The molecule has 4 rings (SSSR count). The summed E-state index contributed by atoms with van der Waals surface area (Å²) in [6, 6.07) is 10.2. The van der Waals surface area contributed by atoms with Crippen LogP contribution in [0.1, 0.15) is 64.0 Å². The lowest BCUT2D eigenvalue weighted by molar-refractivity contribution is 0.0894. The molecule has 1 aliphatic carbocycles. The van der Waals surface area contributed by atoms with Crippen LogP contribution in [0.2, 0.25) is 0 Å². The third kappa shape index (κ3) is 3.44. The van der Waals surface area contributed by atoms with Crippen molar-refractivity contribution in [2.24, 2.45) is 17.6 Å². The number of rotatable bonds is 4. The summed E-state index contributed by atoms with van der Waals surface area (Å²) >= 11 is 0. The van der Waals surface area contributed by atoms with Gasteiger partial charge in [0.25, 0.3) is 0 Å². The lowest BCUT2D eigenvalue weighted by Gasteiger charge is -2.42. The standard InChI is InChI=1S/C23H35N3/c1-17(2)18-7-9-20(10-8-18)25-13-11-21(12-14-25)26-16-19(15-24)22-5-3-4-6-23(22)26/h3-6,16-18,20-21H,7-15,24H2,1-2H3. The van der Waals surface area contributed by atoms with E-state index in [1.54, 1.807) is 0 Å². The molecule has 0 radical (unpaired) electrons. The molecule has 1 saturated heterocycles. The predicted octanol–water partition coefficient (Wildman–Crippen LogP) is 4.95. The van der Waals surface area contributed by atoms with Crippen molar-refractivity contribution in [3.8, 4) is 0 Å². The van der Waals surface area contributed by atoms with E-state index in [0.29, 0.717) is 12.6 Å². The highest BCUT2D eigenvalue weighted by molar-refractivity contribution is 5.84. The quantitative estimate of drug-likeness (QED) is 0.843. The molecule has 26 heavy (non-hydrogen) atoms. The zero-order chi connectivity index (χ0) is 18.1. The van der Waals surface area contributed by atoms with Gasteiger partial charge in [-0.1, -0.05) is 32.0 Å². The van der Waals surface area contributed by atoms with E-state index in [0.717, 1.165) is 17.9 Å². The fourth-order valence-electron chi connectivity index (χ4n) is 5.40. The molecule has 1 aromatic carbocycles. The van der Waals surface area contributed by atoms with Crippen LogP contribution in [-0.4, -0.2) is 28.6 Å². The van der Waals surface area contributed by atoms with Gasteiger partial charge in [0.1, 0.15) is 0 Å². The van der Waals surface area contributed by atoms with Crippen LogP contribution < -0.4 is 5.73 Å². The van der Waals surface area contributed by atoms with E-state index < -0.39 is 0 Å². The molecular formula is C23H35N3. The van der Waals surface area contributed by atoms with Gasteiger partial charge < -0.3 is 15.2 Å². The van der Waals surface area contributed by atoms with Crippen molar-refractivity contribution in [1.82, 2.24) is 9.47 Å². The molecule has 3 heteroatoms. The van der Waals surface area contributed by atoms with Crippen molar-refractivity contribution < 1.29 is 0 Å². The first kappa shape index (κ1) is 18.1. The first-order valence-corrected chi connectivity index (χ1v) is 10.7. The number of hydrogen-bond donors (Lipinski definition) is 1. The maximum Gasteiger partial charge on any atom is 0.0486 e. The van der Waals surface area contributed by atoms with Gasteiger partial charge in [0, 0.05) is 48.8 Å². The minimum atomic E-state index is 0.628. The zero-order valence-corrected chi connectivity index (χ0v) is 16.5. The van der Waals surface area contributed by atoms with E-state index in [9.17, 15) is 0 Å². The Kier molecular flexibility index (Phi) is 5.37. The second-order valence-electron chi connectivity index (χ2n) is 8.86. The highest BCUT2D eigenvalue weighted by Crippen LogP contribution is 2.35. The van der Waals surface area contributed by atoms with Gasteiger partial charge in [0.15, 0.2) is 0 Å². The highest BCUT2D eigenvalue weighted by atomic mass is 15.2. The Labute approximate surface area is 158 Å². The Hall–Kier alpha value is -1.32. The van der Waals surface area contributed by atoms with Crippen molar-refractivity contribution in [2.75, 3.05) is 13.1 Å². The molecule has 0 atom stereocenters. The molecule has 2 aromatic rings. The number of para-hydroxylation sites is 1. The van der Waals surface area contributed by atoms with Gasteiger partial charge in [-0.3, -0.25) is 0 Å². The number of piperidine rings is 1. The third-order valence-electron chi connectivity index (χ3n) is 7.14. The average Bonchev–Trinajstić information content (AvgIpc) is 3.07. The number of fused-ring (bicyclic) bond motifs is 1. The SMILES string of the molecule is CC(C)C1CCC(N2CCC(n3cc(CN)c4ccccc43)CC2)CC1. The summed E-state index contributed by atoms with van der Waals surface area (Å²) in [4.78, 5) is 2.79. The van der Waals surface area contributed by atoms with Crippen LogP contribution in [0.3, 0.4) is 0 Å². The van der Waals surface area contributed by atoms with Gasteiger partial charge in [-0.15, -0.1) is 0 Å². The van der Waals surface area contributed by atoms with Crippen molar-refractivity contribution in [1.29, 1.82) is 0 Å². The summed E-state index contributed by atoms with van der Waals surface area (Å²) < 4.78 is 2.52. The zero-order valence-electron chi connectivity index (χ0n) is 16.5. The molecule has 142 valence electrons. The molecule has 2 N–H and O–H groups in total. The van der Waals surface area contributed by atoms with Gasteiger partial charge in [0.05, 0.1) is 0 Å². The molecule has 0 unspecified atom stereocenters. The topological polar surface area (TPSA) is 34.2 Å². The second-order valence-corrected chi connectivity index (χ2v) is 8.86. The predicted molar refractivity (Wildman–Crippen MR) is 110 cm³/mol. The summed E-state index contributed by atoms with van der Waals surface area (Å²) in [7, 11) is 0. The van der Waals surface area contributed by atoms with Crippen LogP contribution in [0, 0.1) is 11.8 Å². The van der Waals surface area contributed by atoms with E-state index in [-0.39, 0.29) is 0 Å². The molecule has 1 aliphatic heterocycles. The fraction of sp³-hybridized carbons (Fsp3) is 0.652. The van der Waals surface area contributed by atoms with Gasteiger partial charge in [-0.05, 0) is 62.0 Å². The minimum Gasteiger partial charge on any atom is -0.344 e. The molecule has 2 heterocycles. The molecule has 0 bridgehead atoms. The summed E-state index contributed by atoms with van der Waals surface area (Å²) in [6.45, 7) is 7.94. The fourth-order valence-corrected chi connectivity index (χ4v) is 5.40. The molecular weight excluding hydrogens is 318 g/mol. The first-order valence-electron chi connectivity index (χ1n) is 10.7. The average molecular weight is 354 g/mol. The molecule has 0 amide bonds. The van der Waals surface area contributed by atoms with Crippen molar-refractivity contribution in [3.05, 3.63) is 36.0 Å². The lowest BCUT2D eigenvalue weighted by atomic mass is 9.79. The van der Waals surface area contributed by atoms with E-state index in [2.05, 4.69) is 53.8 Å². The molecule has 3 nitrogen and oxygen atoms in total. The van der Waals surface area contributed by atoms with E-state index in [4.69, 9.17) is 5.73 Å². The molecule has 2 fully saturated rings. The second kappa shape index (κ2) is 7.74. The van der Waals surface area contributed by atoms with Crippen LogP contribution in [0.25, 0.3) is 10.9 Å². The minimum absolute atomic E-state index is 0.628. The van der Waals surface area contributed by atoms with Crippen LogP contribution in [0.4, 0.5) is 0 Å². The molecule has 2 aliphatic rings. The molecule has 1 aromatic heterocycles. The largest absolute Gasteiger partial charge is 0.344 e. The third-order valence-corrected chi connectivity index (χ3v) is 7.14. The van der Waals surface area contributed by atoms with E-state index >= 15 is 0 Å². The van der Waals surface area contributed by atoms with E-state index in [1.165, 1.54) is 68.1 Å². The number of nitrogens with two attached hydrogens (primary N) is 1. The normalized spacial score (nSPS) is 26.0. The van der Waals surface area contributed by atoms with Crippen LogP contribution in [-0.2, 0) is 6.54 Å². The van der Waals surface area contributed by atoms with Crippen LogP contribution >= 0.6 is 0 Å². The van der Waals surface area contributed by atoms with Crippen molar-refractivity contribution >= 4 is 10.9 Å². The Morgan fingerprint density at radius 3 is 2.31 bits per heavy atom. The van der Waals surface area contributed by atoms with Gasteiger partial charge in [-0.2, -0.15) is 0 Å². The number of nitrogens with zero attached hydrogens (tertiary/aromatic N) is 2. The maximum atomic E-state index is 5.99. The van der Waals surface area contributed by atoms with Crippen molar-refractivity contribution in [2.45, 2.75) is 71.0 Å². The molecule has 1 saturated carbocycles. The number of likely N-dealkylation sites (tertiary alicyclic amines) is 1. The Morgan fingerprint density at radius 1 is 0.962 bits per heavy atom. The van der Waals surface area contributed by atoms with Crippen LogP contribution in [0.5, 0.6) is 0 Å². The number of hydrogen-bond acceptors (Lipinski definition) is 2. The smallest absolute Gasteiger partial charge is 0.0486 e.